The zero-order valence-corrected chi connectivity index (χ0v) is 7.48. The van der Waals surface area contributed by atoms with E-state index in [4.69, 9.17) is 0 Å². The molecule has 12 heavy (non-hydrogen) atoms. The van der Waals surface area contributed by atoms with Crippen LogP contribution in [0.5, 0.6) is 0 Å². The van der Waals surface area contributed by atoms with Gasteiger partial charge in [-0.3, -0.25) is 4.68 Å². The number of piperidine rings is 1. The lowest BCUT2D eigenvalue weighted by Crippen LogP contribution is -2.33. The van der Waals surface area contributed by atoms with E-state index in [-0.39, 0.29) is 0 Å². The Hall–Kier alpha value is -0.830. The Kier molecular flexibility index (Phi) is 2.13. The van der Waals surface area contributed by atoms with Crippen molar-refractivity contribution in [2.24, 2.45) is 0 Å². The van der Waals surface area contributed by atoms with Crippen molar-refractivity contribution < 1.29 is 0 Å². The number of likely N-dealkylation sites (N-methyl/N-ethyl adjacent to an activating group) is 1. The molecule has 1 saturated heterocycles. The molecule has 3 heteroatoms. The predicted molar refractivity (Wildman–Crippen MR) is 48.0 cm³/mol. The Morgan fingerprint density at radius 2 is 2.42 bits per heavy atom. The Balaban J connectivity index is 2.04. The molecule has 0 saturated carbocycles. The number of hydrogen-bond acceptors (Lipinski definition) is 2. The summed E-state index contributed by atoms with van der Waals surface area (Å²) < 4.78 is 2.08. The SMILES string of the molecule is CN1CCCC(n2cccn2)C1. The summed E-state index contributed by atoms with van der Waals surface area (Å²) in [5.74, 6) is 0. The maximum atomic E-state index is 4.26. The quantitative estimate of drug-likeness (QED) is 0.622. The molecule has 1 aromatic heterocycles. The molecule has 66 valence electrons. The van der Waals surface area contributed by atoms with Gasteiger partial charge in [-0.25, -0.2) is 0 Å². The molecule has 3 nitrogen and oxygen atoms in total. The number of nitrogens with zero attached hydrogens (tertiary/aromatic N) is 3. The number of aromatic nitrogens is 2. The van der Waals surface area contributed by atoms with E-state index in [9.17, 15) is 0 Å². The van der Waals surface area contributed by atoms with Gasteiger partial charge in [0.15, 0.2) is 0 Å². The fourth-order valence-corrected chi connectivity index (χ4v) is 1.85. The van der Waals surface area contributed by atoms with Crippen LogP contribution in [-0.4, -0.2) is 34.8 Å². The van der Waals surface area contributed by atoms with Crippen LogP contribution in [0.15, 0.2) is 18.5 Å². The van der Waals surface area contributed by atoms with Gasteiger partial charge in [-0.1, -0.05) is 0 Å². The first kappa shape index (κ1) is 7.80. The van der Waals surface area contributed by atoms with Crippen LogP contribution in [0.25, 0.3) is 0 Å². The van der Waals surface area contributed by atoms with Gasteiger partial charge in [-0.2, -0.15) is 5.10 Å². The van der Waals surface area contributed by atoms with E-state index in [1.807, 2.05) is 12.3 Å². The fraction of sp³-hybridized carbons (Fsp3) is 0.667. The molecule has 1 fully saturated rings. The molecule has 1 aliphatic rings. The molecular weight excluding hydrogens is 150 g/mol. The molecule has 0 N–H and O–H groups in total. The summed E-state index contributed by atoms with van der Waals surface area (Å²) in [5.41, 5.74) is 0. The van der Waals surface area contributed by atoms with E-state index < -0.39 is 0 Å². The van der Waals surface area contributed by atoms with Gasteiger partial charge in [0.25, 0.3) is 0 Å². The van der Waals surface area contributed by atoms with Crippen LogP contribution in [0.1, 0.15) is 18.9 Å². The average molecular weight is 165 g/mol. The van der Waals surface area contributed by atoms with Crippen molar-refractivity contribution in [3.05, 3.63) is 18.5 Å². The van der Waals surface area contributed by atoms with Crippen LogP contribution in [0.4, 0.5) is 0 Å². The van der Waals surface area contributed by atoms with Crippen molar-refractivity contribution in [1.29, 1.82) is 0 Å². The van der Waals surface area contributed by atoms with E-state index in [1.165, 1.54) is 19.4 Å². The highest BCUT2D eigenvalue weighted by Gasteiger charge is 2.18. The third-order valence-electron chi connectivity index (χ3n) is 2.50. The number of likely N-dealkylation sites (tertiary alicyclic amines) is 1. The molecule has 0 radical (unpaired) electrons. The van der Waals surface area contributed by atoms with Gasteiger partial charge in [0.1, 0.15) is 0 Å². The van der Waals surface area contributed by atoms with E-state index in [0.717, 1.165) is 6.54 Å². The molecule has 1 aromatic rings. The van der Waals surface area contributed by atoms with Crippen LogP contribution in [0.3, 0.4) is 0 Å². The predicted octanol–water partition coefficient (Wildman–Crippen LogP) is 1.15. The van der Waals surface area contributed by atoms with Gasteiger partial charge in [0.05, 0.1) is 6.04 Å². The molecule has 2 heterocycles. The first-order chi connectivity index (χ1) is 5.86. The summed E-state index contributed by atoms with van der Waals surface area (Å²) in [7, 11) is 2.18. The molecule has 0 bridgehead atoms. The fourth-order valence-electron chi connectivity index (χ4n) is 1.85. The van der Waals surface area contributed by atoms with Crippen molar-refractivity contribution in [2.75, 3.05) is 20.1 Å². The molecule has 1 unspecified atom stereocenters. The lowest BCUT2D eigenvalue weighted by molar-refractivity contribution is 0.202. The van der Waals surface area contributed by atoms with Crippen LogP contribution in [0, 0.1) is 0 Å². The van der Waals surface area contributed by atoms with Crippen LogP contribution in [0.2, 0.25) is 0 Å². The Bertz CT molecular complexity index is 230. The Morgan fingerprint density at radius 3 is 3.08 bits per heavy atom. The van der Waals surface area contributed by atoms with Crippen molar-refractivity contribution in [3.63, 3.8) is 0 Å². The minimum Gasteiger partial charge on any atom is -0.304 e. The zero-order chi connectivity index (χ0) is 8.39. The third kappa shape index (κ3) is 1.50. The second-order valence-electron chi connectivity index (χ2n) is 3.54. The van der Waals surface area contributed by atoms with E-state index in [0.29, 0.717) is 6.04 Å². The monoisotopic (exact) mass is 165 g/mol. The molecule has 0 spiro atoms. The molecular formula is C9H15N3. The Morgan fingerprint density at radius 1 is 1.50 bits per heavy atom. The molecule has 0 aromatic carbocycles. The lowest BCUT2D eigenvalue weighted by Gasteiger charge is -2.29. The highest BCUT2D eigenvalue weighted by molar-refractivity contribution is 4.84. The second kappa shape index (κ2) is 3.27. The minimum atomic E-state index is 0.596. The van der Waals surface area contributed by atoms with Crippen molar-refractivity contribution in [3.8, 4) is 0 Å². The highest BCUT2D eigenvalue weighted by Crippen LogP contribution is 2.18. The third-order valence-corrected chi connectivity index (χ3v) is 2.50. The zero-order valence-electron chi connectivity index (χ0n) is 7.48. The maximum absolute atomic E-state index is 4.26. The summed E-state index contributed by atoms with van der Waals surface area (Å²) in [4.78, 5) is 2.37. The number of rotatable bonds is 1. The first-order valence-corrected chi connectivity index (χ1v) is 4.54. The second-order valence-corrected chi connectivity index (χ2v) is 3.54. The normalized spacial score (nSPS) is 25.9. The van der Waals surface area contributed by atoms with Crippen LogP contribution in [-0.2, 0) is 0 Å². The van der Waals surface area contributed by atoms with E-state index >= 15 is 0 Å². The van der Waals surface area contributed by atoms with E-state index in [1.54, 1.807) is 0 Å². The largest absolute Gasteiger partial charge is 0.304 e. The maximum Gasteiger partial charge on any atom is 0.0646 e. The van der Waals surface area contributed by atoms with Gasteiger partial charge >= 0.3 is 0 Å². The Labute approximate surface area is 73.0 Å². The van der Waals surface area contributed by atoms with Gasteiger partial charge in [-0.15, -0.1) is 0 Å². The van der Waals surface area contributed by atoms with Crippen LogP contribution < -0.4 is 0 Å². The lowest BCUT2D eigenvalue weighted by atomic mass is 10.1. The van der Waals surface area contributed by atoms with Crippen molar-refractivity contribution >= 4 is 0 Å². The first-order valence-electron chi connectivity index (χ1n) is 4.54. The summed E-state index contributed by atoms with van der Waals surface area (Å²) in [6, 6.07) is 2.59. The number of hydrogen-bond donors (Lipinski definition) is 0. The molecule has 1 aliphatic heterocycles. The van der Waals surface area contributed by atoms with Gasteiger partial charge < -0.3 is 4.90 Å². The van der Waals surface area contributed by atoms with Gasteiger partial charge in [0.2, 0.25) is 0 Å². The van der Waals surface area contributed by atoms with Crippen molar-refractivity contribution in [1.82, 2.24) is 14.7 Å². The summed E-state index contributed by atoms with van der Waals surface area (Å²) in [6.45, 7) is 2.37. The summed E-state index contributed by atoms with van der Waals surface area (Å²) >= 11 is 0. The average Bonchev–Trinajstić information content (AvgIpc) is 2.56. The summed E-state index contributed by atoms with van der Waals surface area (Å²) in [6.07, 6.45) is 6.48. The van der Waals surface area contributed by atoms with Crippen LogP contribution >= 0.6 is 0 Å². The smallest absolute Gasteiger partial charge is 0.0646 e. The van der Waals surface area contributed by atoms with Crippen molar-refractivity contribution in [2.45, 2.75) is 18.9 Å². The molecule has 1 atom stereocenters. The molecule has 0 amide bonds. The minimum absolute atomic E-state index is 0.596. The molecule has 2 rings (SSSR count). The van der Waals surface area contributed by atoms with Gasteiger partial charge in [-0.05, 0) is 32.5 Å². The summed E-state index contributed by atoms with van der Waals surface area (Å²) in [5, 5.41) is 4.26. The standard InChI is InChI=1S/C9H15N3/c1-11-6-2-4-9(8-11)12-7-3-5-10-12/h3,5,7,9H,2,4,6,8H2,1H3. The van der Waals surface area contributed by atoms with E-state index in [2.05, 4.69) is 27.9 Å². The highest BCUT2D eigenvalue weighted by atomic mass is 15.3. The van der Waals surface area contributed by atoms with Gasteiger partial charge in [0, 0.05) is 18.9 Å². The topological polar surface area (TPSA) is 21.1 Å². The molecule has 0 aliphatic carbocycles.